The molecule has 0 spiro atoms. The highest BCUT2D eigenvalue weighted by Gasteiger charge is 1.91. The van der Waals surface area contributed by atoms with Crippen molar-refractivity contribution in [3.8, 4) is 0 Å². The maximum Gasteiger partial charge on any atom is 0.404 e. The largest absolute Gasteiger partial charge is 0.450 e. The van der Waals surface area contributed by atoms with Gasteiger partial charge < -0.3 is 10.5 Å². The van der Waals surface area contributed by atoms with Gasteiger partial charge in [0.2, 0.25) is 0 Å². The van der Waals surface area contributed by atoms with Gasteiger partial charge in [-0.25, -0.2) is 4.79 Å². The molecule has 1 amide bonds. The minimum atomic E-state index is -0.711. The van der Waals surface area contributed by atoms with Crippen LogP contribution >= 0.6 is 0 Å². The van der Waals surface area contributed by atoms with Crippen LogP contribution in [0, 0.1) is 0 Å². The number of carbonyl (C=O) groups excluding carboxylic acids is 1. The lowest BCUT2D eigenvalue weighted by molar-refractivity contribution is 0.163. The van der Waals surface area contributed by atoms with E-state index in [1.54, 1.807) is 6.92 Å². The normalized spacial score (nSPS) is 15.0. The summed E-state index contributed by atoms with van der Waals surface area (Å²) < 4.78 is 4.18. The van der Waals surface area contributed by atoms with Crippen LogP contribution in [0.4, 0.5) is 4.79 Å². The summed E-state index contributed by atoms with van der Waals surface area (Å²) in [5.74, 6) is 0. The number of ether oxygens (including phenoxy) is 1. The van der Waals surface area contributed by atoms with Gasteiger partial charge in [-0.1, -0.05) is 0 Å². The van der Waals surface area contributed by atoms with Crippen LogP contribution in [-0.2, 0) is 4.74 Å². The lowest BCUT2D eigenvalue weighted by Crippen LogP contribution is -2.21. The Morgan fingerprint density at radius 3 is 2.18 bits per heavy atom. The molecule has 1 rings (SSSR count). The zero-order valence-electron chi connectivity index (χ0n) is 6.72. The van der Waals surface area contributed by atoms with E-state index in [-0.39, 0.29) is 0 Å². The van der Waals surface area contributed by atoms with Crippen molar-refractivity contribution < 1.29 is 9.53 Å². The smallest absolute Gasteiger partial charge is 0.404 e. The monoisotopic (exact) mass is 161 g/mol. The van der Waals surface area contributed by atoms with Gasteiger partial charge in [0.25, 0.3) is 0 Å². The highest BCUT2D eigenvalue weighted by atomic mass is 16.5. The van der Waals surface area contributed by atoms with Crippen LogP contribution in [0.2, 0.25) is 0 Å². The fourth-order valence-electron chi connectivity index (χ4n) is 0.584. The Morgan fingerprint density at radius 1 is 1.55 bits per heavy atom. The van der Waals surface area contributed by atoms with Crippen LogP contribution in [0.5, 0.6) is 0 Å². The third-order valence-electron chi connectivity index (χ3n) is 1.02. The molecule has 0 aromatic carbocycles. The second-order valence-electron chi connectivity index (χ2n) is 1.96. The summed E-state index contributed by atoms with van der Waals surface area (Å²) in [6.07, 6.45) is 0.567. The van der Waals surface area contributed by atoms with Gasteiger partial charge in [0.05, 0.1) is 6.61 Å². The minimum Gasteiger partial charge on any atom is -0.450 e. The van der Waals surface area contributed by atoms with Gasteiger partial charge in [0.1, 0.15) is 0 Å². The average Bonchev–Trinajstić information content (AvgIpc) is 2.41. The molecule has 0 unspecified atom stereocenters. The zero-order chi connectivity index (χ0) is 8.53. The van der Waals surface area contributed by atoms with Crippen LogP contribution in [0.3, 0.4) is 0 Å². The SMILES string of the molecule is C1CNNC1.CCOC(N)=O. The minimum absolute atomic E-state index is 0.356. The first-order chi connectivity index (χ1) is 5.27. The predicted octanol–water partition coefficient (Wildman–Crippen LogP) is -0.414. The number of hydrazine groups is 1. The number of carbonyl (C=O) groups is 1. The molecular formula is C6H15N3O2. The first-order valence-corrected chi connectivity index (χ1v) is 3.65. The standard InChI is InChI=1S/C3H8N2.C3H7NO2/c1-2-4-5-3-1;1-2-6-3(4)5/h4-5H,1-3H2;2H2,1H3,(H2,4,5). The van der Waals surface area contributed by atoms with Gasteiger partial charge in [0.15, 0.2) is 0 Å². The molecule has 1 aliphatic rings. The number of rotatable bonds is 1. The Labute approximate surface area is 66.2 Å². The number of amides is 1. The van der Waals surface area contributed by atoms with E-state index in [9.17, 15) is 4.79 Å². The topological polar surface area (TPSA) is 76.4 Å². The fourth-order valence-corrected chi connectivity index (χ4v) is 0.584. The summed E-state index contributed by atoms with van der Waals surface area (Å²) in [5.41, 5.74) is 10.5. The molecule has 0 aromatic heterocycles. The van der Waals surface area contributed by atoms with Crippen LogP contribution in [0.25, 0.3) is 0 Å². The molecule has 0 bridgehead atoms. The molecule has 4 N–H and O–H groups in total. The number of hydrogen-bond acceptors (Lipinski definition) is 4. The van der Waals surface area contributed by atoms with Crippen molar-refractivity contribution in [3.63, 3.8) is 0 Å². The van der Waals surface area contributed by atoms with E-state index in [2.05, 4.69) is 21.3 Å². The molecule has 5 nitrogen and oxygen atoms in total. The Morgan fingerprint density at radius 2 is 2.09 bits per heavy atom. The van der Waals surface area contributed by atoms with Crippen molar-refractivity contribution in [1.29, 1.82) is 0 Å². The van der Waals surface area contributed by atoms with Crippen LogP contribution in [0.1, 0.15) is 13.3 Å². The molecule has 1 fully saturated rings. The molecule has 5 heteroatoms. The second-order valence-corrected chi connectivity index (χ2v) is 1.96. The Hall–Kier alpha value is -0.810. The zero-order valence-corrected chi connectivity index (χ0v) is 6.72. The third-order valence-corrected chi connectivity index (χ3v) is 1.02. The van der Waals surface area contributed by atoms with Gasteiger partial charge >= 0.3 is 6.09 Å². The first kappa shape index (κ1) is 10.2. The molecule has 0 radical (unpaired) electrons. The highest BCUT2D eigenvalue weighted by Crippen LogP contribution is 1.74. The van der Waals surface area contributed by atoms with Crippen LogP contribution in [-0.4, -0.2) is 25.8 Å². The molecule has 66 valence electrons. The van der Waals surface area contributed by atoms with Crippen LogP contribution in [0.15, 0.2) is 0 Å². The highest BCUT2D eigenvalue weighted by molar-refractivity contribution is 5.64. The van der Waals surface area contributed by atoms with E-state index in [0.29, 0.717) is 6.61 Å². The third kappa shape index (κ3) is 9.19. The van der Waals surface area contributed by atoms with Crippen LogP contribution < -0.4 is 16.6 Å². The summed E-state index contributed by atoms with van der Waals surface area (Å²) in [7, 11) is 0. The van der Waals surface area contributed by atoms with Crippen molar-refractivity contribution >= 4 is 6.09 Å². The number of primary amides is 1. The van der Waals surface area contributed by atoms with E-state index in [1.165, 1.54) is 6.42 Å². The molecule has 1 saturated heterocycles. The number of nitrogens with two attached hydrogens (primary N) is 1. The fraction of sp³-hybridized carbons (Fsp3) is 0.833. The van der Waals surface area contributed by atoms with E-state index < -0.39 is 6.09 Å². The Kier molecular flexibility index (Phi) is 6.76. The van der Waals surface area contributed by atoms with Crippen molar-refractivity contribution in [2.75, 3.05) is 19.7 Å². The summed E-state index contributed by atoms with van der Waals surface area (Å²) >= 11 is 0. The van der Waals surface area contributed by atoms with Crippen molar-refractivity contribution in [1.82, 2.24) is 10.9 Å². The predicted molar refractivity (Wildman–Crippen MR) is 41.8 cm³/mol. The first-order valence-electron chi connectivity index (χ1n) is 3.65. The second kappa shape index (κ2) is 7.30. The van der Waals surface area contributed by atoms with Gasteiger partial charge in [0, 0.05) is 13.1 Å². The lowest BCUT2D eigenvalue weighted by Gasteiger charge is -1.89. The van der Waals surface area contributed by atoms with E-state index in [0.717, 1.165) is 13.1 Å². The quantitative estimate of drug-likeness (QED) is 0.488. The summed E-state index contributed by atoms with van der Waals surface area (Å²) in [4.78, 5) is 9.60. The van der Waals surface area contributed by atoms with E-state index in [4.69, 9.17) is 0 Å². The molecule has 1 heterocycles. The maximum atomic E-state index is 9.60. The Balaban J connectivity index is 0.000000183. The maximum absolute atomic E-state index is 9.60. The molecule has 0 aliphatic carbocycles. The van der Waals surface area contributed by atoms with Gasteiger partial charge in [-0.05, 0) is 13.3 Å². The molecule has 1 aliphatic heterocycles. The van der Waals surface area contributed by atoms with Crippen molar-refractivity contribution in [2.24, 2.45) is 5.73 Å². The molecule has 0 aromatic rings. The van der Waals surface area contributed by atoms with Gasteiger partial charge in [-0.15, -0.1) is 0 Å². The van der Waals surface area contributed by atoms with Crippen molar-refractivity contribution in [2.45, 2.75) is 13.3 Å². The number of hydrogen-bond donors (Lipinski definition) is 3. The lowest BCUT2D eigenvalue weighted by atomic mass is 10.5. The summed E-state index contributed by atoms with van der Waals surface area (Å²) in [5, 5.41) is 0. The van der Waals surface area contributed by atoms with E-state index >= 15 is 0 Å². The van der Waals surface area contributed by atoms with Crippen molar-refractivity contribution in [3.05, 3.63) is 0 Å². The molecule has 0 atom stereocenters. The average molecular weight is 161 g/mol. The van der Waals surface area contributed by atoms with E-state index in [1.807, 2.05) is 0 Å². The molecule has 11 heavy (non-hydrogen) atoms. The molecular weight excluding hydrogens is 146 g/mol. The van der Waals surface area contributed by atoms with Gasteiger partial charge in [-0.2, -0.15) is 0 Å². The summed E-state index contributed by atoms with van der Waals surface area (Å²) in [6.45, 7) is 4.33. The summed E-state index contributed by atoms with van der Waals surface area (Å²) in [6, 6.07) is 0. The van der Waals surface area contributed by atoms with Gasteiger partial charge in [-0.3, -0.25) is 10.9 Å². The Bertz CT molecular complexity index is 96.4. The number of nitrogens with one attached hydrogen (secondary N) is 2. The molecule has 0 saturated carbocycles.